The smallest absolute Gasteiger partial charge is 0.227 e. The first-order chi connectivity index (χ1) is 10.2. The SMILES string of the molecule is Nc1cccc(CCC(=O)N2CCOc3ccccc32)c1. The van der Waals surface area contributed by atoms with E-state index in [4.69, 9.17) is 10.5 Å². The monoisotopic (exact) mass is 282 g/mol. The Morgan fingerprint density at radius 3 is 2.90 bits per heavy atom. The Kier molecular flexibility index (Phi) is 3.77. The molecule has 3 rings (SSSR count). The highest BCUT2D eigenvalue weighted by molar-refractivity contribution is 5.95. The molecule has 0 aliphatic carbocycles. The maximum Gasteiger partial charge on any atom is 0.227 e. The van der Waals surface area contributed by atoms with E-state index in [2.05, 4.69) is 0 Å². The van der Waals surface area contributed by atoms with Crippen molar-refractivity contribution in [2.24, 2.45) is 0 Å². The molecule has 0 radical (unpaired) electrons. The Morgan fingerprint density at radius 1 is 1.19 bits per heavy atom. The maximum absolute atomic E-state index is 12.5. The number of aryl methyl sites for hydroxylation is 1. The first kappa shape index (κ1) is 13.5. The van der Waals surface area contributed by atoms with Crippen molar-refractivity contribution in [2.75, 3.05) is 23.8 Å². The molecule has 0 atom stereocenters. The molecule has 21 heavy (non-hydrogen) atoms. The summed E-state index contributed by atoms with van der Waals surface area (Å²) in [5.41, 5.74) is 8.44. The number of ether oxygens (including phenoxy) is 1. The molecule has 2 aromatic rings. The molecule has 0 fully saturated rings. The zero-order valence-electron chi connectivity index (χ0n) is 11.8. The van der Waals surface area contributed by atoms with E-state index in [-0.39, 0.29) is 5.91 Å². The number of carbonyl (C=O) groups excluding carboxylic acids is 1. The summed E-state index contributed by atoms with van der Waals surface area (Å²) < 4.78 is 5.57. The topological polar surface area (TPSA) is 55.6 Å². The molecule has 0 saturated heterocycles. The Labute approximate surface area is 124 Å². The van der Waals surface area contributed by atoms with Crippen LogP contribution in [0.2, 0.25) is 0 Å². The fraction of sp³-hybridized carbons (Fsp3) is 0.235. The van der Waals surface area contributed by atoms with Crippen molar-refractivity contribution in [1.82, 2.24) is 0 Å². The van der Waals surface area contributed by atoms with Crippen molar-refractivity contribution in [3.63, 3.8) is 0 Å². The molecule has 2 aromatic carbocycles. The van der Waals surface area contributed by atoms with Crippen LogP contribution in [-0.4, -0.2) is 19.1 Å². The molecule has 0 unspecified atom stereocenters. The maximum atomic E-state index is 12.5. The predicted molar refractivity (Wildman–Crippen MR) is 83.5 cm³/mol. The average molecular weight is 282 g/mol. The van der Waals surface area contributed by atoms with E-state index in [1.54, 1.807) is 0 Å². The van der Waals surface area contributed by atoms with E-state index >= 15 is 0 Å². The van der Waals surface area contributed by atoms with Gasteiger partial charge in [-0.15, -0.1) is 0 Å². The number of nitrogen functional groups attached to an aromatic ring is 1. The van der Waals surface area contributed by atoms with Crippen LogP contribution in [-0.2, 0) is 11.2 Å². The van der Waals surface area contributed by atoms with Gasteiger partial charge in [0.25, 0.3) is 0 Å². The van der Waals surface area contributed by atoms with Crippen molar-refractivity contribution in [1.29, 1.82) is 0 Å². The number of fused-ring (bicyclic) bond motifs is 1. The van der Waals surface area contributed by atoms with Crippen LogP contribution in [0.15, 0.2) is 48.5 Å². The number of para-hydroxylation sites is 2. The van der Waals surface area contributed by atoms with Gasteiger partial charge in [0, 0.05) is 12.1 Å². The molecule has 0 spiro atoms. The van der Waals surface area contributed by atoms with Gasteiger partial charge in [-0.25, -0.2) is 0 Å². The summed E-state index contributed by atoms with van der Waals surface area (Å²) in [7, 11) is 0. The third-order valence-corrected chi connectivity index (χ3v) is 3.61. The molecule has 1 amide bonds. The van der Waals surface area contributed by atoms with Crippen LogP contribution in [0.1, 0.15) is 12.0 Å². The summed E-state index contributed by atoms with van der Waals surface area (Å²) in [5.74, 6) is 0.897. The Bertz CT molecular complexity index is 655. The number of nitrogens with two attached hydrogens (primary N) is 1. The highest BCUT2D eigenvalue weighted by Gasteiger charge is 2.22. The van der Waals surface area contributed by atoms with Crippen molar-refractivity contribution < 1.29 is 9.53 Å². The molecule has 1 heterocycles. The van der Waals surface area contributed by atoms with Crippen molar-refractivity contribution in [3.05, 3.63) is 54.1 Å². The van der Waals surface area contributed by atoms with Crippen molar-refractivity contribution in [3.8, 4) is 5.75 Å². The second-order valence-electron chi connectivity index (χ2n) is 5.11. The summed E-state index contributed by atoms with van der Waals surface area (Å²) in [6.07, 6.45) is 1.17. The first-order valence-electron chi connectivity index (χ1n) is 7.10. The van der Waals surface area contributed by atoms with Crippen LogP contribution in [0.25, 0.3) is 0 Å². The summed E-state index contributed by atoms with van der Waals surface area (Å²) in [5, 5.41) is 0. The molecule has 1 aliphatic heterocycles. The molecule has 4 nitrogen and oxygen atoms in total. The molecule has 4 heteroatoms. The van der Waals surface area contributed by atoms with Gasteiger partial charge in [-0.1, -0.05) is 24.3 Å². The van der Waals surface area contributed by atoms with Crippen LogP contribution in [0, 0.1) is 0 Å². The standard InChI is InChI=1S/C17H18N2O2/c18-14-5-3-4-13(12-14)8-9-17(20)19-10-11-21-16-7-2-1-6-15(16)19/h1-7,12H,8-11,18H2. The summed E-state index contributed by atoms with van der Waals surface area (Å²) in [4.78, 5) is 14.3. The highest BCUT2D eigenvalue weighted by Crippen LogP contribution is 2.31. The minimum atomic E-state index is 0.119. The number of amides is 1. The zero-order valence-corrected chi connectivity index (χ0v) is 11.8. The van der Waals surface area contributed by atoms with E-state index in [1.165, 1.54) is 0 Å². The number of carbonyl (C=O) groups is 1. The highest BCUT2D eigenvalue weighted by atomic mass is 16.5. The number of hydrogen-bond donors (Lipinski definition) is 1. The van der Waals surface area contributed by atoms with Crippen LogP contribution in [0.5, 0.6) is 5.75 Å². The zero-order chi connectivity index (χ0) is 14.7. The van der Waals surface area contributed by atoms with Crippen molar-refractivity contribution >= 4 is 17.3 Å². The minimum Gasteiger partial charge on any atom is -0.490 e. The van der Waals surface area contributed by atoms with Crippen LogP contribution >= 0.6 is 0 Å². The van der Waals surface area contributed by atoms with Gasteiger partial charge in [-0.05, 0) is 36.2 Å². The van der Waals surface area contributed by atoms with Crippen LogP contribution in [0.4, 0.5) is 11.4 Å². The van der Waals surface area contributed by atoms with Gasteiger partial charge in [0.1, 0.15) is 12.4 Å². The third kappa shape index (κ3) is 2.99. The Hall–Kier alpha value is -2.49. The lowest BCUT2D eigenvalue weighted by Crippen LogP contribution is -2.38. The molecule has 1 aliphatic rings. The lowest BCUT2D eigenvalue weighted by Gasteiger charge is -2.29. The largest absolute Gasteiger partial charge is 0.490 e. The minimum absolute atomic E-state index is 0.119. The van der Waals surface area contributed by atoms with Gasteiger partial charge in [-0.2, -0.15) is 0 Å². The molecular formula is C17H18N2O2. The van der Waals surface area contributed by atoms with Gasteiger partial charge < -0.3 is 15.4 Å². The fourth-order valence-electron chi connectivity index (χ4n) is 2.56. The van der Waals surface area contributed by atoms with Gasteiger partial charge in [-0.3, -0.25) is 4.79 Å². The fourth-order valence-corrected chi connectivity index (χ4v) is 2.56. The lowest BCUT2D eigenvalue weighted by atomic mass is 10.1. The van der Waals surface area contributed by atoms with Gasteiger partial charge in [0.15, 0.2) is 0 Å². The molecule has 108 valence electrons. The van der Waals surface area contributed by atoms with E-state index < -0.39 is 0 Å². The number of rotatable bonds is 3. The number of hydrogen-bond acceptors (Lipinski definition) is 3. The van der Waals surface area contributed by atoms with Crippen molar-refractivity contribution in [2.45, 2.75) is 12.8 Å². The normalized spacial score (nSPS) is 13.4. The van der Waals surface area contributed by atoms with Gasteiger partial charge >= 0.3 is 0 Å². The van der Waals surface area contributed by atoms with E-state index in [0.717, 1.165) is 22.7 Å². The van der Waals surface area contributed by atoms with E-state index in [0.29, 0.717) is 26.0 Å². The number of benzene rings is 2. The Balaban J connectivity index is 1.69. The Morgan fingerprint density at radius 2 is 2.05 bits per heavy atom. The van der Waals surface area contributed by atoms with Gasteiger partial charge in [0.05, 0.1) is 12.2 Å². The lowest BCUT2D eigenvalue weighted by molar-refractivity contribution is -0.118. The first-order valence-corrected chi connectivity index (χ1v) is 7.10. The van der Waals surface area contributed by atoms with Crippen LogP contribution in [0.3, 0.4) is 0 Å². The van der Waals surface area contributed by atoms with Gasteiger partial charge in [0.2, 0.25) is 5.91 Å². The predicted octanol–water partition coefficient (Wildman–Crippen LogP) is 2.63. The quantitative estimate of drug-likeness (QED) is 0.880. The second-order valence-corrected chi connectivity index (χ2v) is 5.11. The molecule has 0 bridgehead atoms. The molecule has 0 saturated carbocycles. The number of anilines is 2. The second kappa shape index (κ2) is 5.87. The molecule has 2 N–H and O–H groups in total. The summed E-state index contributed by atoms with van der Waals surface area (Å²) in [6.45, 7) is 1.15. The molecular weight excluding hydrogens is 264 g/mol. The molecule has 0 aromatic heterocycles. The van der Waals surface area contributed by atoms with Crippen LogP contribution < -0.4 is 15.4 Å². The number of nitrogens with zero attached hydrogens (tertiary/aromatic N) is 1. The summed E-state index contributed by atoms with van der Waals surface area (Å²) >= 11 is 0. The third-order valence-electron chi connectivity index (χ3n) is 3.61. The summed E-state index contributed by atoms with van der Waals surface area (Å²) in [6, 6.07) is 15.3. The van der Waals surface area contributed by atoms with E-state index in [1.807, 2.05) is 53.4 Å². The average Bonchev–Trinajstić information content (AvgIpc) is 2.52. The van der Waals surface area contributed by atoms with E-state index in [9.17, 15) is 4.79 Å².